The Hall–Kier alpha value is -1.54. The Balaban J connectivity index is 3.50. The number of carboxylic acid groups (broad SMARTS) is 1. The molecule has 0 aromatic rings. The molecule has 0 aliphatic carbocycles. The Morgan fingerprint density at radius 3 is 2.62 bits per heavy atom. The molecule has 0 heterocycles. The molecule has 0 unspecified atom stereocenters. The van der Waals surface area contributed by atoms with Crippen molar-refractivity contribution in [3.8, 4) is 12.3 Å². The molecule has 0 aromatic carbocycles. The van der Waals surface area contributed by atoms with E-state index in [1.807, 2.05) is 0 Å². The van der Waals surface area contributed by atoms with Gasteiger partial charge in [0.25, 0.3) is 0 Å². The van der Waals surface area contributed by atoms with Crippen LogP contribution in [0.1, 0.15) is 25.7 Å². The van der Waals surface area contributed by atoms with Crippen molar-refractivity contribution in [1.82, 2.24) is 10.6 Å². The van der Waals surface area contributed by atoms with Crippen molar-refractivity contribution >= 4 is 11.9 Å². The van der Waals surface area contributed by atoms with Crippen LogP contribution in [0.4, 0.5) is 0 Å². The van der Waals surface area contributed by atoms with E-state index in [9.17, 15) is 9.59 Å². The molecular formula is C11H18N2O3. The summed E-state index contributed by atoms with van der Waals surface area (Å²) in [6.45, 7) is 0.538. The van der Waals surface area contributed by atoms with Gasteiger partial charge in [-0.1, -0.05) is 5.92 Å². The van der Waals surface area contributed by atoms with Crippen molar-refractivity contribution in [1.29, 1.82) is 0 Å². The lowest BCUT2D eigenvalue weighted by molar-refractivity contribution is -0.139. The molecule has 0 spiro atoms. The molecule has 0 aromatic heterocycles. The first-order valence-electron chi connectivity index (χ1n) is 5.22. The number of rotatable bonds is 8. The van der Waals surface area contributed by atoms with Crippen LogP contribution in [0.2, 0.25) is 0 Å². The molecule has 0 saturated carbocycles. The number of likely N-dealkylation sites (N-methyl/N-ethyl adjacent to an activating group) is 1. The number of aliphatic carboxylic acids is 1. The van der Waals surface area contributed by atoms with Gasteiger partial charge in [0.05, 0.1) is 6.42 Å². The van der Waals surface area contributed by atoms with E-state index in [1.54, 1.807) is 7.05 Å². The Morgan fingerprint density at radius 2 is 2.12 bits per heavy atom. The van der Waals surface area contributed by atoms with Crippen molar-refractivity contribution in [2.24, 2.45) is 0 Å². The van der Waals surface area contributed by atoms with E-state index < -0.39 is 12.0 Å². The summed E-state index contributed by atoms with van der Waals surface area (Å²) >= 11 is 0. The second-order valence-electron chi connectivity index (χ2n) is 3.41. The van der Waals surface area contributed by atoms with Crippen molar-refractivity contribution in [2.45, 2.75) is 31.7 Å². The van der Waals surface area contributed by atoms with Gasteiger partial charge in [-0.3, -0.25) is 9.59 Å². The summed E-state index contributed by atoms with van der Waals surface area (Å²) in [5.74, 6) is 1.24. The van der Waals surface area contributed by atoms with Crippen LogP contribution in [-0.2, 0) is 9.59 Å². The largest absolute Gasteiger partial charge is 0.480 e. The molecule has 0 saturated heterocycles. The molecule has 3 N–H and O–H groups in total. The molecule has 1 amide bonds. The maximum Gasteiger partial charge on any atom is 0.320 e. The van der Waals surface area contributed by atoms with Crippen LogP contribution in [-0.4, -0.2) is 36.6 Å². The zero-order valence-corrected chi connectivity index (χ0v) is 9.45. The van der Waals surface area contributed by atoms with Crippen molar-refractivity contribution < 1.29 is 14.7 Å². The normalized spacial score (nSPS) is 11.5. The highest BCUT2D eigenvalue weighted by Gasteiger charge is 2.13. The van der Waals surface area contributed by atoms with E-state index in [4.69, 9.17) is 11.5 Å². The number of hydrogen-bond acceptors (Lipinski definition) is 3. The molecule has 0 bridgehead atoms. The number of hydrogen-bond donors (Lipinski definition) is 3. The molecule has 0 aliphatic heterocycles. The highest BCUT2D eigenvalue weighted by Crippen LogP contribution is 2.00. The van der Waals surface area contributed by atoms with Gasteiger partial charge in [0.2, 0.25) is 5.91 Å². The summed E-state index contributed by atoms with van der Waals surface area (Å²) in [6, 6.07) is -0.513. The van der Waals surface area contributed by atoms with E-state index in [2.05, 4.69) is 16.6 Å². The minimum atomic E-state index is -0.848. The first-order chi connectivity index (χ1) is 7.61. The maximum atomic E-state index is 10.9. The number of amides is 1. The van der Waals surface area contributed by atoms with Gasteiger partial charge in [-0.05, 0) is 26.3 Å². The number of terminal acetylenes is 1. The summed E-state index contributed by atoms with van der Waals surface area (Å²) in [5.41, 5.74) is 0. The highest BCUT2D eigenvalue weighted by atomic mass is 16.4. The van der Waals surface area contributed by atoms with Crippen LogP contribution in [0.25, 0.3) is 0 Å². The summed E-state index contributed by atoms with van der Waals surface area (Å²) in [4.78, 5) is 21.6. The van der Waals surface area contributed by atoms with Gasteiger partial charge in [0, 0.05) is 6.54 Å². The summed E-state index contributed by atoms with van der Waals surface area (Å²) in [5, 5.41) is 14.1. The summed E-state index contributed by atoms with van der Waals surface area (Å²) < 4.78 is 0. The number of unbranched alkanes of at least 4 members (excludes halogenated alkanes) is 1. The Labute approximate surface area is 95.6 Å². The van der Waals surface area contributed by atoms with E-state index in [-0.39, 0.29) is 12.3 Å². The molecule has 5 heteroatoms. The third-order valence-electron chi connectivity index (χ3n) is 2.15. The van der Waals surface area contributed by atoms with E-state index in [0.717, 1.165) is 12.8 Å². The molecule has 0 rings (SSSR count). The second-order valence-corrected chi connectivity index (χ2v) is 3.41. The molecule has 0 aliphatic rings. The van der Waals surface area contributed by atoms with Crippen molar-refractivity contribution in [3.63, 3.8) is 0 Å². The van der Waals surface area contributed by atoms with Crippen LogP contribution in [0, 0.1) is 12.3 Å². The smallest absolute Gasteiger partial charge is 0.320 e. The van der Waals surface area contributed by atoms with Crippen molar-refractivity contribution in [2.75, 3.05) is 13.6 Å². The van der Waals surface area contributed by atoms with Crippen LogP contribution < -0.4 is 10.6 Å². The van der Waals surface area contributed by atoms with E-state index in [0.29, 0.717) is 13.0 Å². The third-order valence-corrected chi connectivity index (χ3v) is 2.15. The molecule has 16 heavy (non-hydrogen) atoms. The topological polar surface area (TPSA) is 78.4 Å². The lowest BCUT2D eigenvalue weighted by Gasteiger charge is -2.10. The maximum absolute atomic E-state index is 10.9. The molecule has 1 atom stereocenters. The fourth-order valence-corrected chi connectivity index (χ4v) is 1.25. The van der Waals surface area contributed by atoms with E-state index in [1.165, 1.54) is 0 Å². The number of carboxylic acids is 1. The zero-order chi connectivity index (χ0) is 12.4. The van der Waals surface area contributed by atoms with Gasteiger partial charge in [0.15, 0.2) is 0 Å². The van der Waals surface area contributed by atoms with Crippen LogP contribution >= 0.6 is 0 Å². The van der Waals surface area contributed by atoms with E-state index >= 15 is 0 Å². The Morgan fingerprint density at radius 1 is 1.44 bits per heavy atom. The summed E-state index contributed by atoms with van der Waals surface area (Å²) in [6.07, 6.45) is 7.11. The highest BCUT2D eigenvalue weighted by molar-refractivity contribution is 5.78. The fraction of sp³-hybridized carbons (Fsp3) is 0.636. The molecule has 90 valence electrons. The molecule has 5 nitrogen and oxygen atoms in total. The van der Waals surface area contributed by atoms with Gasteiger partial charge in [-0.2, -0.15) is 0 Å². The first-order valence-corrected chi connectivity index (χ1v) is 5.22. The number of nitrogens with one attached hydrogen (secondary N) is 2. The quantitative estimate of drug-likeness (QED) is 0.401. The predicted molar refractivity (Wildman–Crippen MR) is 60.8 cm³/mol. The van der Waals surface area contributed by atoms with Crippen molar-refractivity contribution in [3.05, 3.63) is 0 Å². The number of carbonyl (C=O) groups is 2. The lowest BCUT2D eigenvalue weighted by atomic mass is 10.1. The minimum Gasteiger partial charge on any atom is -0.480 e. The average molecular weight is 226 g/mol. The zero-order valence-electron chi connectivity index (χ0n) is 9.45. The SMILES string of the molecule is C#CCC(=O)NCCCC[C@@H](NC)C(=O)O. The van der Waals surface area contributed by atoms with Crippen LogP contribution in [0.5, 0.6) is 0 Å². The Bertz CT molecular complexity index is 271. The van der Waals surface area contributed by atoms with Gasteiger partial charge in [0.1, 0.15) is 6.04 Å². The fourth-order valence-electron chi connectivity index (χ4n) is 1.25. The van der Waals surface area contributed by atoms with Gasteiger partial charge >= 0.3 is 5.97 Å². The molecular weight excluding hydrogens is 208 g/mol. The standard InChI is InChI=1S/C11H18N2O3/c1-3-6-10(14)13-8-5-4-7-9(12-2)11(15)16/h1,9,12H,4-8H2,2H3,(H,13,14)(H,15,16)/t9-/m1/s1. The van der Waals surface area contributed by atoms with Gasteiger partial charge in [-0.15, -0.1) is 6.42 Å². The third kappa shape index (κ3) is 6.85. The van der Waals surface area contributed by atoms with Gasteiger partial charge < -0.3 is 15.7 Å². The Kier molecular flexibility index (Phi) is 7.90. The number of carbonyl (C=O) groups excluding carboxylic acids is 1. The minimum absolute atomic E-state index is 0.0915. The average Bonchev–Trinajstić information content (AvgIpc) is 2.23. The van der Waals surface area contributed by atoms with Gasteiger partial charge in [-0.25, -0.2) is 0 Å². The predicted octanol–water partition coefficient (Wildman–Crippen LogP) is -0.0312. The second kappa shape index (κ2) is 8.74. The molecule has 0 radical (unpaired) electrons. The lowest BCUT2D eigenvalue weighted by Crippen LogP contribution is -2.33. The monoisotopic (exact) mass is 226 g/mol. The molecule has 0 fully saturated rings. The van der Waals surface area contributed by atoms with Crippen LogP contribution in [0.15, 0.2) is 0 Å². The summed E-state index contributed by atoms with van der Waals surface area (Å²) in [7, 11) is 1.62. The first kappa shape index (κ1) is 14.5. The van der Waals surface area contributed by atoms with Crippen LogP contribution in [0.3, 0.4) is 0 Å².